The highest BCUT2D eigenvalue weighted by atomic mass is 16.5. The zero-order valence-electron chi connectivity index (χ0n) is 12.0. The summed E-state index contributed by atoms with van der Waals surface area (Å²) in [6.07, 6.45) is 7.09. The molecule has 2 N–H and O–H groups in total. The third kappa shape index (κ3) is 1.86. The Morgan fingerprint density at radius 2 is 2.20 bits per heavy atom. The van der Waals surface area contributed by atoms with Gasteiger partial charge in [0.1, 0.15) is 5.76 Å². The molecule has 0 bridgehead atoms. The van der Waals surface area contributed by atoms with Crippen LogP contribution in [-0.4, -0.2) is 30.0 Å². The fourth-order valence-corrected chi connectivity index (χ4v) is 2.78. The molecule has 1 aromatic heterocycles. The highest BCUT2D eigenvalue weighted by Crippen LogP contribution is 2.29. The van der Waals surface area contributed by atoms with Gasteiger partial charge in [0.05, 0.1) is 31.3 Å². The molecule has 5 nitrogen and oxygen atoms in total. The summed E-state index contributed by atoms with van der Waals surface area (Å²) >= 11 is 0. The Labute approximate surface area is 117 Å². The second kappa shape index (κ2) is 4.83. The number of aromatic nitrogens is 2. The van der Waals surface area contributed by atoms with Crippen molar-refractivity contribution in [2.75, 3.05) is 14.2 Å². The average molecular weight is 273 g/mol. The minimum absolute atomic E-state index is 0.0405. The molecule has 106 valence electrons. The quantitative estimate of drug-likeness (QED) is 0.841. The minimum atomic E-state index is 0.0405. The van der Waals surface area contributed by atoms with Crippen LogP contribution in [0.15, 0.2) is 23.5 Å². The first-order valence-electron chi connectivity index (χ1n) is 6.72. The first-order valence-corrected chi connectivity index (χ1v) is 6.72. The van der Waals surface area contributed by atoms with Crippen molar-refractivity contribution in [3.05, 3.63) is 34.1 Å². The van der Waals surface area contributed by atoms with Gasteiger partial charge in [-0.3, -0.25) is 4.68 Å². The Bertz CT molecular complexity index is 723. The Kier molecular flexibility index (Phi) is 3.14. The van der Waals surface area contributed by atoms with E-state index in [1.54, 1.807) is 14.2 Å². The highest BCUT2D eigenvalue weighted by molar-refractivity contribution is 5.85. The molecule has 0 amide bonds. The van der Waals surface area contributed by atoms with Crippen LogP contribution in [-0.2, 0) is 11.3 Å². The van der Waals surface area contributed by atoms with E-state index >= 15 is 0 Å². The molecule has 0 saturated heterocycles. The van der Waals surface area contributed by atoms with Crippen LogP contribution in [0.2, 0.25) is 0 Å². The summed E-state index contributed by atoms with van der Waals surface area (Å²) in [5, 5.41) is 6.64. The molecular weight excluding hydrogens is 254 g/mol. The lowest BCUT2D eigenvalue weighted by Gasteiger charge is -2.13. The van der Waals surface area contributed by atoms with Crippen LogP contribution in [0, 0.1) is 0 Å². The molecule has 0 fully saturated rings. The third-order valence-electron chi connectivity index (χ3n) is 3.60. The average Bonchev–Trinajstić information content (AvgIpc) is 2.96. The Morgan fingerprint density at radius 1 is 1.40 bits per heavy atom. The normalized spacial score (nSPS) is 17.7. The lowest BCUT2D eigenvalue weighted by atomic mass is 9.99. The van der Waals surface area contributed by atoms with Crippen LogP contribution in [0.3, 0.4) is 0 Å². The van der Waals surface area contributed by atoms with Gasteiger partial charge in [-0.1, -0.05) is 6.08 Å². The lowest BCUT2D eigenvalue weighted by Crippen LogP contribution is -2.33. The minimum Gasteiger partial charge on any atom is -0.496 e. The molecule has 0 spiro atoms. The number of methoxy groups -OCH3 is 2. The molecular formula is C15H19N3O2. The van der Waals surface area contributed by atoms with E-state index in [4.69, 9.17) is 15.2 Å². The van der Waals surface area contributed by atoms with Crippen LogP contribution in [0.25, 0.3) is 11.6 Å². The Hall–Kier alpha value is -2.01. The maximum Gasteiger partial charge on any atom is 0.240 e. The third-order valence-corrected chi connectivity index (χ3v) is 3.60. The number of hydrogen-bond acceptors (Lipinski definition) is 4. The van der Waals surface area contributed by atoms with Gasteiger partial charge < -0.3 is 15.2 Å². The van der Waals surface area contributed by atoms with Crippen LogP contribution in [0.4, 0.5) is 0 Å². The predicted molar refractivity (Wildman–Crippen MR) is 77.3 cm³/mol. The number of nitrogens with two attached hydrogens (primary N) is 1. The van der Waals surface area contributed by atoms with E-state index in [9.17, 15) is 0 Å². The standard InChI is InChI=1S/C15H19N3O2/c1-9(16)8-18-12-7-11-10(5-4-6-13(11)19-2)14(12)15(17-18)20-3/h4,6-7,9H,5,8,16H2,1-3H3/t9-/m0/s1. The van der Waals surface area contributed by atoms with E-state index in [-0.39, 0.29) is 6.04 Å². The largest absolute Gasteiger partial charge is 0.496 e. The predicted octanol–water partition coefficient (Wildman–Crippen LogP) is 0.0441. The molecule has 0 aromatic carbocycles. The molecule has 5 heteroatoms. The second-order valence-electron chi connectivity index (χ2n) is 5.14. The summed E-state index contributed by atoms with van der Waals surface area (Å²) in [6.45, 7) is 2.63. The fourth-order valence-electron chi connectivity index (χ4n) is 2.78. The first-order chi connectivity index (χ1) is 9.65. The number of allylic oxidation sites excluding steroid dienone is 3. The molecule has 0 aliphatic heterocycles. The van der Waals surface area contributed by atoms with Gasteiger partial charge in [-0.05, 0) is 31.1 Å². The van der Waals surface area contributed by atoms with Gasteiger partial charge in [0.25, 0.3) is 0 Å². The van der Waals surface area contributed by atoms with Crippen molar-refractivity contribution in [2.24, 2.45) is 5.73 Å². The van der Waals surface area contributed by atoms with Gasteiger partial charge in [0.2, 0.25) is 5.88 Å². The number of fused-ring (bicyclic) bond motifs is 2. The topological polar surface area (TPSA) is 62.3 Å². The molecule has 1 aromatic rings. The van der Waals surface area contributed by atoms with Crippen LogP contribution in [0.5, 0.6) is 5.88 Å². The summed E-state index contributed by atoms with van der Waals surface area (Å²) < 4.78 is 12.8. The number of hydrogen-bond donors (Lipinski definition) is 1. The summed E-state index contributed by atoms with van der Waals surface area (Å²) in [7, 11) is 3.34. The molecule has 2 aliphatic rings. The van der Waals surface area contributed by atoms with E-state index < -0.39 is 0 Å². The van der Waals surface area contributed by atoms with E-state index in [0.29, 0.717) is 12.4 Å². The van der Waals surface area contributed by atoms with Crippen molar-refractivity contribution in [2.45, 2.75) is 25.9 Å². The summed E-state index contributed by atoms with van der Waals surface area (Å²) in [6, 6.07) is 0.0405. The maximum atomic E-state index is 5.90. The van der Waals surface area contributed by atoms with Crippen LogP contribution >= 0.6 is 0 Å². The van der Waals surface area contributed by atoms with Gasteiger partial charge in [-0.15, -0.1) is 5.10 Å². The molecule has 0 unspecified atom stereocenters. The van der Waals surface area contributed by atoms with Gasteiger partial charge >= 0.3 is 0 Å². The van der Waals surface area contributed by atoms with E-state index in [1.807, 2.05) is 17.7 Å². The van der Waals surface area contributed by atoms with Gasteiger partial charge in [0, 0.05) is 11.6 Å². The summed E-state index contributed by atoms with van der Waals surface area (Å²) in [5.41, 5.74) is 8.24. The fraction of sp³-hybridized carbons (Fsp3) is 0.400. The Morgan fingerprint density at radius 3 is 2.85 bits per heavy atom. The van der Waals surface area contributed by atoms with Crippen molar-refractivity contribution < 1.29 is 9.47 Å². The second-order valence-corrected chi connectivity index (χ2v) is 5.14. The molecule has 0 radical (unpaired) electrons. The van der Waals surface area contributed by atoms with E-state index in [1.165, 1.54) is 5.57 Å². The molecule has 3 rings (SSSR count). The summed E-state index contributed by atoms with van der Waals surface area (Å²) in [4.78, 5) is 0. The van der Waals surface area contributed by atoms with E-state index in [2.05, 4.69) is 17.3 Å². The van der Waals surface area contributed by atoms with Crippen LogP contribution in [0.1, 0.15) is 13.3 Å². The van der Waals surface area contributed by atoms with Gasteiger partial charge in [0.15, 0.2) is 0 Å². The van der Waals surface area contributed by atoms with E-state index in [0.717, 1.165) is 28.3 Å². The van der Waals surface area contributed by atoms with Gasteiger partial charge in [-0.25, -0.2) is 0 Å². The number of nitrogens with zero attached hydrogens (tertiary/aromatic N) is 2. The first kappa shape index (κ1) is 13.0. The smallest absolute Gasteiger partial charge is 0.240 e. The van der Waals surface area contributed by atoms with Crippen molar-refractivity contribution in [1.29, 1.82) is 0 Å². The number of rotatable bonds is 4. The van der Waals surface area contributed by atoms with Crippen molar-refractivity contribution >= 4 is 11.6 Å². The lowest BCUT2D eigenvalue weighted by molar-refractivity contribution is 0.304. The van der Waals surface area contributed by atoms with Crippen molar-refractivity contribution in [3.8, 4) is 5.88 Å². The summed E-state index contributed by atoms with van der Waals surface area (Å²) in [5.74, 6) is 1.55. The SMILES string of the molecule is COC1=C2C=c3c(c(OC)nn3C[C@H](C)N)=C2CC=C1. The monoisotopic (exact) mass is 273 g/mol. The van der Waals surface area contributed by atoms with Crippen molar-refractivity contribution in [1.82, 2.24) is 9.78 Å². The molecule has 1 heterocycles. The maximum absolute atomic E-state index is 5.90. The van der Waals surface area contributed by atoms with Gasteiger partial charge in [-0.2, -0.15) is 0 Å². The highest BCUT2D eigenvalue weighted by Gasteiger charge is 2.23. The zero-order valence-corrected chi connectivity index (χ0v) is 12.0. The molecule has 0 saturated carbocycles. The molecule has 20 heavy (non-hydrogen) atoms. The molecule has 2 aliphatic carbocycles. The van der Waals surface area contributed by atoms with Crippen LogP contribution < -0.4 is 21.0 Å². The number of ether oxygens (including phenoxy) is 2. The Balaban J connectivity index is 2.27. The zero-order chi connectivity index (χ0) is 14.3. The van der Waals surface area contributed by atoms with Crippen molar-refractivity contribution in [3.63, 3.8) is 0 Å². The molecule has 1 atom stereocenters.